The highest BCUT2D eigenvalue weighted by Crippen LogP contribution is 2.20. The highest BCUT2D eigenvalue weighted by Gasteiger charge is 2.21. The van der Waals surface area contributed by atoms with Gasteiger partial charge in [0, 0.05) is 12.6 Å². The summed E-state index contributed by atoms with van der Waals surface area (Å²) < 4.78 is 18.8. The summed E-state index contributed by atoms with van der Waals surface area (Å²) in [6.45, 7) is 4.99. The van der Waals surface area contributed by atoms with Gasteiger partial charge in [-0.2, -0.15) is 0 Å². The van der Waals surface area contributed by atoms with Crippen molar-refractivity contribution in [2.24, 2.45) is 0 Å². The van der Waals surface area contributed by atoms with Crippen molar-refractivity contribution in [1.29, 1.82) is 0 Å². The lowest BCUT2D eigenvalue weighted by atomic mass is 10.1. The summed E-state index contributed by atoms with van der Waals surface area (Å²) in [6, 6.07) is 6.90. The van der Waals surface area contributed by atoms with Gasteiger partial charge in [-0.1, -0.05) is 12.1 Å². The fourth-order valence-corrected chi connectivity index (χ4v) is 2.24. The summed E-state index contributed by atoms with van der Waals surface area (Å²) >= 11 is 0. The second-order valence-electron chi connectivity index (χ2n) is 4.83. The lowest BCUT2D eigenvalue weighted by molar-refractivity contribution is 0.0546. The van der Waals surface area contributed by atoms with Crippen LogP contribution in [0, 0.1) is 5.82 Å². The topological polar surface area (TPSA) is 21.3 Å². The number of nitrogens with one attached hydrogen (secondary N) is 1. The molecule has 0 spiro atoms. The fourth-order valence-electron chi connectivity index (χ4n) is 2.24. The molecule has 0 aliphatic carbocycles. The second-order valence-corrected chi connectivity index (χ2v) is 4.83. The predicted octanol–water partition coefficient (Wildman–Crippen LogP) is 3.04. The smallest absolute Gasteiger partial charge is 0.123 e. The molecular formula is C14H20FNO. The predicted molar refractivity (Wildman–Crippen MR) is 66.4 cm³/mol. The van der Waals surface area contributed by atoms with Crippen LogP contribution in [0.5, 0.6) is 0 Å². The minimum Gasteiger partial charge on any atom is -0.374 e. The zero-order chi connectivity index (χ0) is 12.3. The van der Waals surface area contributed by atoms with Gasteiger partial charge in [0.2, 0.25) is 0 Å². The van der Waals surface area contributed by atoms with Crippen molar-refractivity contribution in [2.75, 3.05) is 6.54 Å². The molecule has 17 heavy (non-hydrogen) atoms. The molecule has 1 saturated heterocycles. The average Bonchev–Trinajstić information content (AvgIpc) is 2.72. The van der Waals surface area contributed by atoms with Crippen LogP contribution in [0.15, 0.2) is 24.3 Å². The molecule has 1 heterocycles. The largest absolute Gasteiger partial charge is 0.374 e. The molecule has 3 atom stereocenters. The standard InChI is InChI=1S/C14H20FNO/c1-10-6-7-14(17-10)9-16-11(2)12-4-3-5-13(15)8-12/h3-5,8,10-11,14,16H,6-7,9H2,1-2H3/t10?,11-,14?/m1/s1. The Kier molecular flexibility index (Phi) is 4.13. The lowest BCUT2D eigenvalue weighted by Crippen LogP contribution is -2.29. The summed E-state index contributed by atoms with van der Waals surface area (Å²) in [4.78, 5) is 0. The summed E-state index contributed by atoms with van der Waals surface area (Å²) in [5.74, 6) is -0.179. The van der Waals surface area contributed by atoms with Gasteiger partial charge >= 0.3 is 0 Å². The van der Waals surface area contributed by atoms with E-state index in [1.165, 1.54) is 6.07 Å². The third-order valence-electron chi connectivity index (χ3n) is 3.32. The molecular weight excluding hydrogens is 217 g/mol. The summed E-state index contributed by atoms with van der Waals surface area (Å²) in [5.41, 5.74) is 0.982. The first-order valence-electron chi connectivity index (χ1n) is 6.29. The Hall–Kier alpha value is -0.930. The maximum atomic E-state index is 13.1. The number of hydrogen-bond acceptors (Lipinski definition) is 2. The molecule has 0 aromatic heterocycles. The fraction of sp³-hybridized carbons (Fsp3) is 0.571. The third-order valence-corrected chi connectivity index (χ3v) is 3.32. The van der Waals surface area contributed by atoms with E-state index in [9.17, 15) is 4.39 Å². The van der Waals surface area contributed by atoms with Crippen LogP contribution in [0.25, 0.3) is 0 Å². The van der Waals surface area contributed by atoms with Crippen molar-refractivity contribution in [3.05, 3.63) is 35.6 Å². The molecule has 0 bridgehead atoms. The first-order valence-corrected chi connectivity index (χ1v) is 6.29. The van der Waals surface area contributed by atoms with Gasteiger partial charge in [0.15, 0.2) is 0 Å². The first-order chi connectivity index (χ1) is 8.15. The van der Waals surface area contributed by atoms with Gasteiger partial charge in [0.1, 0.15) is 5.82 Å². The highest BCUT2D eigenvalue weighted by atomic mass is 19.1. The van der Waals surface area contributed by atoms with Crippen molar-refractivity contribution < 1.29 is 9.13 Å². The first kappa shape index (κ1) is 12.5. The van der Waals surface area contributed by atoms with E-state index in [1.54, 1.807) is 12.1 Å². The van der Waals surface area contributed by atoms with Gasteiger partial charge in [0.05, 0.1) is 12.2 Å². The van der Waals surface area contributed by atoms with Crippen LogP contribution >= 0.6 is 0 Å². The third kappa shape index (κ3) is 3.51. The second kappa shape index (κ2) is 5.61. The highest BCUT2D eigenvalue weighted by molar-refractivity contribution is 5.19. The molecule has 94 valence electrons. The molecule has 1 aliphatic heterocycles. The van der Waals surface area contributed by atoms with E-state index in [0.717, 1.165) is 24.9 Å². The maximum Gasteiger partial charge on any atom is 0.123 e. The minimum absolute atomic E-state index is 0.158. The average molecular weight is 237 g/mol. The summed E-state index contributed by atoms with van der Waals surface area (Å²) in [6.07, 6.45) is 2.94. The molecule has 1 fully saturated rings. The van der Waals surface area contributed by atoms with E-state index >= 15 is 0 Å². The molecule has 0 amide bonds. The van der Waals surface area contributed by atoms with Gasteiger partial charge < -0.3 is 10.1 Å². The molecule has 1 N–H and O–H groups in total. The van der Waals surface area contributed by atoms with Gasteiger partial charge in [-0.3, -0.25) is 0 Å². The Bertz CT molecular complexity index is 369. The zero-order valence-corrected chi connectivity index (χ0v) is 10.4. The Morgan fingerprint density at radius 3 is 2.94 bits per heavy atom. The van der Waals surface area contributed by atoms with E-state index in [2.05, 4.69) is 12.2 Å². The normalized spacial score (nSPS) is 26.1. The van der Waals surface area contributed by atoms with E-state index < -0.39 is 0 Å². The molecule has 3 heteroatoms. The van der Waals surface area contributed by atoms with Crippen LogP contribution < -0.4 is 5.32 Å². The van der Waals surface area contributed by atoms with Gasteiger partial charge in [-0.15, -0.1) is 0 Å². The minimum atomic E-state index is -0.179. The van der Waals surface area contributed by atoms with Crippen LogP contribution in [0.2, 0.25) is 0 Å². The SMILES string of the molecule is CC1CCC(CN[C@H](C)c2cccc(F)c2)O1. The Morgan fingerprint density at radius 2 is 2.29 bits per heavy atom. The quantitative estimate of drug-likeness (QED) is 0.869. The van der Waals surface area contributed by atoms with Gasteiger partial charge in [-0.25, -0.2) is 4.39 Å². The molecule has 1 aliphatic rings. The number of halogens is 1. The van der Waals surface area contributed by atoms with E-state index in [0.29, 0.717) is 12.2 Å². The van der Waals surface area contributed by atoms with Crippen molar-refractivity contribution in [3.8, 4) is 0 Å². The van der Waals surface area contributed by atoms with Crippen molar-refractivity contribution in [1.82, 2.24) is 5.32 Å². The molecule has 2 nitrogen and oxygen atoms in total. The molecule has 2 rings (SSSR count). The summed E-state index contributed by atoms with van der Waals surface area (Å²) in [5, 5.41) is 3.40. The molecule has 1 aromatic rings. The van der Waals surface area contributed by atoms with Crippen LogP contribution in [-0.2, 0) is 4.74 Å². The number of benzene rings is 1. The van der Waals surface area contributed by atoms with E-state index in [-0.39, 0.29) is 11.9 Å². The van der Waals surface area contributed by atoms with Crippen LogP contribution in [0.1, 0.15) is 38.3 Å². The monoisotopic (exact) mass is 237 g/mol. The molecule has 0 saturated carbocycles. The number of ether oxygens (including phenoxy) is 1. The van der Waals surface area contributed by atoms with Crippen LogP contribution in [0.4, 0.5) is 4.39 Å². The Balaban J connectivity index is 1.83. The number of rotatable bonds is 4. The summed E-state index contributed by atoms with van der Waals surface area (Å²) in [7, 11) is 0. The Morgan fingerprint density at radius 1 is 1.47 bits per heavy atom. The van der Waals surface area contributed by atoms with Crippen LogP contribution in [-0.4, -0.2) is 18.8 Å². The van der Waals surface area contributed by atoms with Crippen molar-refractivity contribution in [2.45, 2.75) is 44.9 Å². The maximum absolute atomic E-state index is 13.1. The van der Waals surface area contributed by atoms with E-state index in [1.807, 2.05) is 13.0 Å². The number of hydrogen-bond donors (Lipinski definition) is 1. The molecule has 2 unspecified atom stereocenters. The molecule has 1 aromatic carbocycles. The van der Waals surface area contributed by atoms with Gasteiger partial charge in [-0.05, 0) is 44.4 Å². The van der Waals surface area contributed by atoms with Crippen molar-refractivity contribution in [3.63, 3.8) is 0 Å². The van der Waals surface area contributed by atoms with Crippen LogP contribution in [0.3, 0.4) is 0 Å². The lowest BCUT2D eigenvalue weighted by Gasteiger charge is -2.18. The van der Waals surface area contributed by atoms with Gasteiger partial charge in [0.25, 0.3) is 0 Å². The zero-order valence-electron chi connectivity index (χ0n) is 10.4. The van der Waals surface area contributed by atoms with Crippen molar-refractivity contribution >= 4 is 0 Å². The Labute approximate surface area is 102 Å². The van der Waals surface area contributed by atoms with E-state index in [4.69, 9.17) is 4.74 Å². The molecule has 0 radical (unpaired) electrons.